The number of halogens is 1. The molecule has 0 saturated carbocycles. The van der Waals surface area contributed by atoms with Gasteiger partial charge in [-0.1, -0.05) is 0 Å². The smallest absolute Gasteiger partial charge is 0.411 e. The van der Waals surface area contributed by atoms with Crippen molar-refractivity contribution in [3.63, 3.8) is 0 Å². The molecule has 0 aliphatic carbocycles. The Labute approximate surface area is 87.0 Å². The Balaban J connectivity index is 2.79. The van der Waals surface area contributed by atoms with E-state index in [1.165, 1.54) is 25.3 Å². The standard InChI is InChI=1S/C10H12FNO3/c1-3-15-10(13)12-9-6-7(14-2)4-5-8(9)11/h4-6H,3H2,1-2H3,(H,12,13). The molecule has 0 aliphatic heterocycles. The van der Waals surface area contributed by atoms with Crippen LogP contribution in [0.3, 0.4) is 0 Å². The van der Waals surface area contributed by atoms with E-state index < -0.39 is 11.9 Å². The zero-order chi connectivity index (χ0) is 11.3. The molecule has 1 aromatic carbocycles. The van der Waals surface area contributed by atoms with E-state index in [0.717, 1.165) is 0 Å². The molecule has 0 bridgehead atoms. The van der Waals surface area contributed by atoms with Crippen LogP contribution in [-0.4, -0.2) is 19.8 Å². The summed E-state index contributed by atoms with van der Waals surface area (Å²) < 4.78 is 22.7. The highest BCUT2D eigenvalue weighted by molar-refractivity contribution is 5.85. The summed E-state index contributed by atoms with van der Waals surface area (Å²) in [6.07, 6.45) is -0.690. The van der Waals surface area contributed by atoms with Crippen molar-refractivity contribution in [1.29, 1.82) is 0 Å². The molecule has 0 aromatic heterocycles. The Bertz CT molecular complexity index is 355. The maximum absolute atomic E-state index is 13.2. The highest BCUT2D eigenvalue weighted by Gasteiger charge is 2.08. The van der Waals surface area contributed by atoms with Crippen LogP contribution in [0.25, 0.3) is 0 Å². The Morgan fingerprint density at radius 1 is 1.53 bits per heavy atom. The van der Waals surface area contributed by atoms with Gasteiger partial charge in [-0.3, -0.25) is 5.32 Å². The first kappa shape index (κ1) is 11.3. The maximum Gasteiger partial charge on any atom is 0.411 e. The van der Waals surface area contributed by atoms with Crippen molar-refractivity contribution in [1.82, 2.24) is 0 Å². The molecular formula is C10H12FNO3. The van der Waals surface area contributed by atoms with Gasteiger partial charge in [0.25, 0.3) is 0 Å². The SMILES string of the molecule is CCOC(=O)Nc1cc(OC)ccc1F. The molecule has 0 saturated heterocycles. The zero-order valence-electron chi connectivity index (χ0n) is 8.54. The molecule has 0 unspecified atom stereocenters. The maximum atomic E-state index is 13.2. The second-order valence-electron chi connectivity index (χ2n) is 2.69. The van der Waals surface area contributed by atoms with Crippen molar-refractivity contribution in [3.05, 3.63) is 24.0 Å². The molecule has 0 atom stereocenters. The number of hydrogen-bond acceptors (Lipinski definition) is 3. The van der Waals surface area contributed by atoms with Gasteiger partial charge in [-0.25, -0.2) is 9.18 Å². The van der Waals surface area contributed by atoms with Crippen LogP contribution < -0.4 is 10.1 Å². The van der Waals surface area contributed by atoms with Gasteiger partial charge in [-0.2, -0.15) is 0 Å². The van der Waals surface area contributed by atoms with Gasteiger partial charge in [0.15, 0.2) is 0 Å². The number of methoxy groups -OCH3 is 1. The lowest BCUT2D eigenvalue weighted by Gasteiger charge is -2.07. The number of rotatable bonds is 3. The Kier molecular flexibility index (Phi) is 3.91. The molecule has 0 fully saturated rings. The van der Waals surface area contributed by atoms with Crippen molar-refractivity contribution < 1.29 is 18.7 Å². The number of carbonyl (C=O) groups excluding carboxylic acids is 1. The van der Waals surface area contributed by atoms with E-state index in [9.17, 15) is 9.18 Å². The molecule has 5 heteroatoms. The predicted molar refractivity (Wildman–Crippen MR) is 53.6 cm³/mol. The van der Waals surface area contributed by atoms with Crippen molar-refractivity contribution in [3.8, 4) is 5.75 Å². The average molecular weight is 213 g/mol. The number of nitrogens with one attached hydrogen (secondary N) is 1. The summed E-state index contributed by atoms with van der Waals surface area (Å²) in [5.41, 5.74) is 0.0350. The van der Waals surface area contributed by atoms with Gasteiger partial charge >= 0.3 is 6.09 Å². The molecule has 15 heavy (non-hydrogen) atoms. The predicted octanol–water partition coefficient (Wildman–Crippen LogP) is 2.40. The zero-order valence-corrected chi connectivity index (χ0v) is 8.54. The molecule has 1 amide bonds. The summed E-state index contributed by atoms with van der Waals surface area (Å²) in [6, 6.07) is 4.05. The second kappa shape index (κ2) is 5.19. The van der Waals surface area contributed by atoms with Crippen molar-refractivity contribution in [2.24, 2.45) is 0 Å². The third-order valence-corrected chi connectivity index (χ3v) is 1.69. The molecule has 4 nitrogen and oxygen atoms in total. The first-order valence-electron chi connectivity index (χ1n) is 4.44. The van der Waals surface area contributed by atoms with Gasteiger partial charge in [0.1, 0.15) is 11.6 Å². The van der Waals surface area contributed by atoms with Crippen molar-refractivity contribution >= 4 is 11.8 Å². The van der Waals surface area contributed by atoms with Crippen LogP contribution in [0, 0.1) is 5.82 Å². The number of carbonyl (C=O) groups is 1. The number of benzene rings is 1. The molecule has 0 spiro atoms. The number of anilines is 1. The summed E-state index contributed by atoms with van der Waals surface area (Å²) in [7, 11) is 1.46. The van der Waals surface area contributed by atoms with Crippen LogP contribution in [-0.2, 0) is 4.74 Å². The third kappa shape index (κ3) is 3.12. The highest BCUT2D eigenvalue weighted by Crippen LogP contribution is 2.20. The second-order valence-corrected chi connectivity index (χ2v) is 2.69. The molecule has 82 valence electrons. The number of ether oxygens (including phenoxy) is 2. The van der Waals surface area contributed by atoms with E-state index in [-0.39, 0.29) is 12.3 Å². The van der Waals surface area contributed by atoms with Crippen LogP contribution in [0.4, 0.5) is 14.9 Å². The van der Waals surface area contributed by atoms with Crippen LogP contribution in [0.2, 0.25) is 0 Å². The average Bonchev–Trinajstić information content (AvgIpc) is 2.21. The van der Waals surface area contributed by atoms with E-state index in [0.29, 0.717) is 5.75 Å². The van der Waals surface area contributed by atoms with Crippen LogP contribution >= 0.6 is 0 Å². The monoisotopic (exact) mass is 213 g/mol. The minimum atomic E-state index is -0.690. The minimum Gasteiger partial charge on any atom is -0.497 e. The van der Waals surface area contributed by atoms with Gasteiger partial charge in [-0.05, 0) is 19.1 Å². The van der Waals surface area contributed by atoms with Gasteiger partial charge in [0.05, 0.1) is 19.4 Å². The fourth-order valence-corrected chi connectivity index (χ4v) is 1.00. The third-order valence-electron chi connectivity index (χ3n) is 1.69. The van der Waals surface area contributed by atoms with E-state index in [1.807, 2.05) is 0 Å². The molecule has 1 aromatic rings. The molecule has 0 heterocycles. The Hall–Kier alpha value is -1.78. The first-order valence-corrected chi connectivity index (χ1v) is 4.44. The summed E-state index contributed by atoms with van der Waals surface area (Å²) in [4.78, 5) is 11.0. The first-order chi connectivity index (χ1) is 7.17. The Morgan fingerprint density at radius 2 is 2.27 bits per heavy atom. The number of amides is 1. The fourth-order valence-electron chi connectivity index (χ4n) is 1.00. The van der Waals surface area contributed by atoms with E-state index in [4.69, 9.17) is 4.74 Å². The van der Waals surface area contributed by atoms with Crippen molar-refractivity contribution in [2.75, 3.05) is 19.0 Å². The summed E-state index contributed by atoms with van der Waals surface area (Å²) in [5, 5.41) is 2.27. The lowest BCUT2D eigenvalue weighted by molar-refractivity contribution is 0.168. The quantitative estimate of drug-likeness (QED) is 0.838. The minimum absolute atomic E-state index is 0.0350. The molecule has 0 radical (unpaired) electrons. The molecule has 1 N–H and O–H groups in total. The van der Waals surface area contributed by atoms with Gasteiger partial charge in [0, 0.05) is 6.07 Å². The summed E-state index contributed by atoms with van der Waals surface area (Å²) in [5.74, 6) is -0.0768. The van der Waals surface area contributed by atoms with Crippen LogP contribution in [0.5, 0.6) is 5.75 Å². The van der Waals surface area contributed by atoms with Crippen molar-refractivity contribution in [2.45, 2.75) is 6.92 Å². The van der Waals surface area contributed by atoms with Crippen LogP contribution in [0.1, 0.15) is 6.92 Å². The normalized spacial score (nSPS) is 9.53. The molecule has 1 rings (SSSR count). The Morgan fingerprint density at radius 3 is 2.87 bits per heavy atom. The molecular weight excluding hydrogens is 201 g/mol. The lowest BCUT2D eigenvalue weighted by Crippen LogP contribution is -2.14. The topological polar surface area (TPSA) is 47.6 Å². The van der Waals surface area contributed by atoms with E-state index in [2.05, 4.69) is 10.1 Å². The highest BCUT2D eigenvalue weighted by atomic mass is 19.1. The van der Waals surface area contributed by atoms with Gasteiger partial charge in [-0.15, -0.1) is 0 Å². The molecule has 0 aliphatic rings. The number of hydrogen-bond donors (Lipinski definition) is 1. The van der Waals surface area contributed by atoms with E-state index >= 15 is 0 Å². The van der Waals surface area contributed by atoms with E-state index in [1.54, 1.807) is 6.92 Å². The largest absolute Gasteiger partial charge is 0.497 e. The lowest BCUT2D eigenvalue weighted by atomic mass is 10.3. The van der Waals surface area contributed by atoms with Gasteiger partial charge < -0.3 is 9.47 Å². The van der Waals surface area contributed by atoms with Gasteiger partial charge in [0.2, 0.25) is 0 Å². The summed E-state index contributed by atoms with van der Waals surface area (Å²) >= 11 is 0. The summed E-state index contributed by atoms with van der Waals surface area (Å²) in [6.45, 7) is 1.90. The fraction of sp³-hybridized carbons (Fsp3) is 0.300. The van der Waals surface area contributed by atoms with Crippen LogP contribution in [0.15, 0.2) is 18.2 Å².